The Bertz CT molecular complexity index is 747. The molecular formula is C18H17N3O3. The van der Waals surface area contributed by atoms with Crippen LogP contribution in [0, 0.1) is 11.3 Å². The van der Waals surface area contributed by atoms with Crippen LogP contribution >= 0.6 is 0 Å². The van der Waals surface area contributed by atoms with Crippen molar-refractivity contribution >= 4 is 11.8 Å². The molecule has 0 amide bonds. The van der Waals surface area contributed by atoms with Gasteiger partial charge >= 0.3 is 5.97 Å². The third-order valence-corrected chi connectivity index (χ3v) is 3.74. The molecule has 1 aromatic carbocycles. The average Bonchev–Trinajstić information content (AvgIpc) is 2.67. The van der Waals surface area contributed by atoms with Gasteiger partial charge in [-0.1, -0.05) is 12.1 Å². The molecule has 1 aliphatic rings. The average molecular weight is 323 g/mol. The van der Waals surface area contributed by atoms with Crippen LogP contribution in [0.2, 0.25) is 0 Å². The number of carbonyl (C=O) groups excluding carboxylic acids is 1. The summed E-state index contributed by atoms with van der Waals surface area (Å²) in [6, 6.07) is 12.6. The van der Waals surface area contributed by atoms with Gasteiger partial charge in [0.2, 0.25) is 0 Å². The lowest BCUT2D eigenvalue weighted by Crippen LogP contribution is -2.36. The second-order valence-electron chi connectivity index (χ2n) is 5.39. The smallest absolute Gasteiger partial charge is 0.340 e. The zero-order valence-electron chi connectivity index (χ0n) is 13.1. The highest BCUT2D eigenvalue weighted by molar-refractivity contribution is 5.89. The monoisotopic (exact) mass is 323 g/mol. The predicted octanol–water partition coefficient (Wildman–Crippen LogP) is 2.15. The standard InChI is InChI=1S/C18H17N3O3/c19-11-14-2-1-3-15(10-14)13-24-18(22)16-4-5-17(20-12-16)21-6-8-23-9-7-21/h1-5,10,12H,6-9,13H2. The third-order valence-electron chi connectivity index (χ3n) is 3.74. The number of anilines is 1. The summed E-state index contributed by atoms with van der Waals surface area (Å²) >= 11 is 0. The van der Waals surface area contributed by atoms with Crippen LogP contribution in [0.3, 0.4) is 0 Å². The lowest BCUT2D eigenvalue weighted by atomic mass is 10.1. The minimum atomic E-state index is -0.432. The Hall–Kier alpha value is -2.91. The first kappa shape index (κ1) is 16.0. The number of rotatable bonds is 4. The van der Waals surface area contributed by atoms with Crippen molar-refractivity contribution in [3.63, 3.8) is 0 Å². The molecule has 0 spiro atoms. The van der Waals surface area contributed by atoms with Crippen molar-refractivity contribution in [2.24, 2.45) is 0 Å². The first-order valence-corrected chi connectivity index (χ1v) is 7.71. The first-order chi connectivity index (χ1) is 11.8. The van der Waals surface area contributed by atoms with Gasteiger partial charge < -0.3 is 14.4 Å². The molecule has 1 aliphatic heterocycles. The van der Waals surface area contributed by atoms with Crippen molar-refractivity contribution in [1.29, 1.82) is 5.26 Å². The normalized spacial score (nSPS) is 14.0. The SMILES string of the molecule is N#Cc1cccc(COC(=O)c2ccc(N3CCOCC3)nc2)c1. The van der Waals surface area contributed by atoms with Gasteiger partial charge in [-0.2, -0.15) is 5.26 Å². The van der Waals surface area contributed by atoms with E-state index < -0.39 is 5.97 Å². The molecule has 0 saturated carbocycles. The van der Waals surface area contributed by atoms with E-state index in [9.17, 15) is 4.79 Å². The van der Waals surface area contributed by atoms with Gasteiger partial charge in [-0.15, -0.1) is 0 Å². The van der Waals surface area contributed by atoms with E-state index in [1.54, 1.807) is 24.3 Å². The third kappa shape index (κ3) is 3.89. The Balaban J connectivity index is 1.59. The molecule has 2 heterocycles. The van der Waals surface area contributed by atoms with Crippen molar-refractivity contribution in [3.8, 4) is 6.07 Å². The van der Waals surface area contributed by atoms with Crippen LogP contribution in [0.15, 0.2) is 42.6 Å². The number of esters is 1. The Morgan fingerprint density at radius 3 is 2.83 bits per heavy atom. The zero-order valence-corrected chi connectivity index (χ0v) is 13.1. The van der Waals surface area contributed by atoms with Gasteiger partial charge in [0, 0.05) is 19.3 Å². The highest BCUT2D eigenvalue weighted by Gasteiger charge is 2.14. The molecule has 6 nitrogen and oxygen atoms in total. The quantitative estimate of drug-likeness (QED) is 0.803. The van der Waals surface area contributed by atoms with Gasteiger partial charge in [-0.3, -0.25) is 0 Å². The number of benzene rings is 1. The largest absolute Gasteiger partial charge is 0.457 e. The number of hydrogen-bond donors (Lipinski definition) is 0. The van der Waals surface area contributed by atoms with E-state index in [1.807, 2.05) is 12.1 Å². The molecule has 1 saturated heterocycles. The maximum absolute atomic E-state index is 12.1. The van der Waals surface area contributed by atoms with Crippen molar-refractivity contribution in [2.75, 3.05) is 31.2 Å². The van der Waals surface area contributed by atoms with Gasteiger partial charge in [0.1, 0.15) is 12.4 Å². The van der Waals surface area contributed by atoms with Crippen LogP contribution in [0.4, 0.5) is 5.82 Å². The topological polar surface area (TPSA) is 75.5 Å². The summed E-state index contributed by atoms with van der Waals surface area (Å²) in [4.78, 5) is 18.5. The predicted molar refractivity (Wildman–Crippen MR) is 87.5 cm³/mol. The van der Waals surface area contributed by atoms with E-state index >= 15 is 0 Å². The highest BCUT2D eigenvalue weighted by Crippen LogP contribution is 2.14. The van der Waals surface area contributed by atoms with E-state index in [1.165, 1.54) is 6.20 Å². The lowest BCUT2D eigenvalue weighted by molar-refractivity contribution is 0.0472. The van der Waals surface area contributed by atoms with Crippen molar-refractivity contribution in [2.45, 2.75) is 6.61 Å². The number of ether oxygens (including phenoxy) is 2. The van der Waals surface area contributed by atoms with Crippen LogP contribution in [-0.4, -0.2) is 37.3 Å². The Labute approximate surface area is 140 Å². The number of aromatic nitrogens is 1. The van der Waals surface area contributed by atoms with Crippen molar-refractivity contribution in [3.05, 3.63) is 59.3 Å². The summed E-state index contributed by atoms with van der Waals surface area (Å²) in [5.74, 6) is 0.398. The molecular weight excluding hydrogens is 306 g/mol. The minimum Gasteiger partial charge on any atom is -0.457 e. The van der Waals surface area contributed by atoms with Crippen LogP contribution in [0.25, 0.3) is 0 Å². The van der Waals surface area contributed by atoms with Gasteiger partial charge in [-0.05, 0) is 29.8 Å². The van der Waals surface area contributed by atoms with Crippen LogP contribution < -0.4 is 4.90 Å². The summed E-state index contributed by atoms with van der Waals surface area (Å²) in [5.41, 5.74) is 1.73. The Kier molecular flexibility index (Phi) is 5.04. The van der Waals surface area contributed by atoms with Crippen LogP contribution in [0.5, 0.6) is 0 Å². The molecule has 3 rings (SSSR count). The van der Waals surface area contributed by atoms with Gasteiger partial charge in [0.05, 0.1) is 30.4 Å². The molecule has 0 radical (unpaired) electrons. The molecule has 0 aliphatic carbocycles. The van der Waals surface area contributed by atoms with Gasteiger partial charge in [0.25, 0.3) is 0 Å². The summed E-state index contributed by atoms with van der Waals surface area (Å²) in [6.45, 7) is 3.10. The fraction of sp³-hybridized carbons (Fsp3) is 0.278. The fourth-order valence-corrected chi connectivity index (χ4v) is 2.45. The molecule has 6 heteroatoms. The molecule has 122 valence electrons. The number of hydrogen-bond acceptors (Lipinski definition) is 6. The maximum atomic E-state index is 12.1. The van der Waals surface area contributed by atoms with Crippen molar-refractivity contribution in [1.82, 2.24) is 4.98 Å². The summed E-state index contributed by atoms with van der Waals surface area (Å²) in [6.07, 6.45) is 1.53. The molecule has 0 atom stereocenters. The first-order valence-electron chi connectivity index (χ1n) is 7.71. The van der Waals surface area contributed by atoms with Gasteiger partial charge in [0.15, 0.2) is 0 Å². The minimum absolute atomic E-state index is 0.125. The second kappa shape index (κ2) is 7.57. The van der Waals surface area contributed by atoms with E-state index in [0.29, 0.717) is 24.3 Å². The molecule has 2 aromatic rings. The molecule has 1 fully saturated rings. The second-order valence-corrected chi connectivity index (χ2v) is 5.39. The molecule has 24 heavy (non-hydrogen) atoms. The van der Waals surface area contributed by atoms with E-state index in [4.69, 9.17) is 14.7 Å². The Morgan fingerprint density at radius 2 is 2.12 bits per heavy atom. The fourth-order valence-electron chi connectivity index (χ4n) is 2.45. The van der Waals surface area contributed by atoms with Crippen LogP contribution in [-0.2, 0) is 16.1 Å². The maximum Gasteiger partial charge on any atom is 0.340 e. The molecule has 1 aromatic heterocycles. The number of morpholine rings is 1. The number of nitriles is 1. The number of carbonyl (C=O) groups is 1. The lowest BCUT2D eigenvalue weighted by Gasteiger charge is -2.27. The summed E-state index contributed by atoms with van der Waals surface area (Å²) in [7, 11) is 0. The highest BCUT2D eigenvalue weighted by atomic mass is 16.5. The van der Waals surface area contributed by atoms with E-state index in [-0.39, 0.29) is 6.61 Å². The van der Waals surface area contributed by atoms with Crippen molar-refractivity contribution < 1.29 is 14.3 Å². The summed E-state index contributed by atoms with van der Waals surface area (Å²) in [5, 5.41) is 8.87. The van der Waals surface area contributed by atoms with E-state index in [0.717, 1.165) is 24.5 Å². The van der Waals surface area contributed by atoms with Crippen LogP contribution in [0.1, 0.15) is 21.5 Å². The summed E-state index contributed by atoms with van der Waals surface area (Å²) < 4.78 is 10.6. The Morgan fingerprint density at radius 1 is 1.29 bits per heavy atom. The van der Waals surface area contributed by atoms with Gasteiger partial charge in [-0.25, -0.2) is 9.78 Å². The number of pyridine rings is 1. The molecule has 0 bridgehead atoms. The van der Waals surface area contributed by atoms with E-state index in [2.05, 4.69) is 16.0 Å². The molecule has 0 N–H and O–H groups in total. The molecule has 0 unspecified atom stereocenters. The zero-order chi connectivity index (χ0) is 16.8. The number of nitrogens with zero attached hydrogens (tertiary/aromatic N) is 3.